The van der Waals surface area contributed by atoms with Crippen LogP contribution >= 0.6 is 0 Å². The number of hydrogen-bond acceptors (Lipinski definition) is 5. The zero-order chi connectivity index (χ0) is 19.5. The van der Waals surface area contributed by atoms with E-state index in [9.17, 15) is 4.39 Å². The standard InChI is InChI=1S/C22H17FN4O/c1-24-18-6-7-19(20-13-25-8-9-26-20)27-22-17(18)11-15(12-21(22)28-2)14-4-3-5-16(23)10-14/h3-13H,1-2H3. The lowest BCUT2D eigenvalue weighted by Crippen LogP contribution is -2.00. The molecule has 0 amide bonds. The fraction of sp³-hybridized carbons (Fsp3) is 0.0909. The Bertz CT molecular complexity index is 1230. The van der Waals surface area contributed by atoms with E-state index in [1.807, 2.05) is 30.3 Å². The topological polar surface area (TPSA) is 60.3 Å². The molecule has 0 saturated heterocycles. The van der Waals surface area contributed by atoms with E-state index in [4.69, 9.17) is 9.72 Å². The van der Waals surface area contributed by atoms with Crippen molar-refractivity contribution in [3.05, 3.63) is 78.3 Å². The minimum atomic E-state index is -0.293. The van der Waals surface area contributed by atoms with Crippen molar-refractivity contribution in [3.63, 3.8) is 0 Å². The average Bonchev–Trinajstić information content (AvgIpc) is 2.93. The van der Waals surface area contributed by atoms with Crippen molar-refractivity contribution in [3.8, 4) is 28.3 Å². The summed E-state index contributed by atoms with van der Waals surface area (Å²) in [6.45, 7) is 0. The highest BCUT2D eigenvalue weighted by molar-refractivity contribution is 5.90. The van der Waals surface area contributed by atoms with Crippen molar-refractivity contribution in [2.45, 2.75) is 0 Å². The normalized spacial score (nSPS) is 11.6. The number of fused-ring (bicyclic) bond motifs is 1. The quantitative estimate of drug-likeness (QED) is 0.545. The maximum atomic E-state index is 13.7. The summed E-state index contributed by atoms with van der Waals surface area (Å²) in [5.41, 5.74) is 3.53. The lowest BCUT2D eigenvalue weighted by atomic mass is 10.0. The minimum absolute atomic E-state index is 0.293. The van der Waals surface area contributed by atoms with Gasteiger partial charge in [0.05, 0.1) is 24.4 Å². The summed E-state index contributed by atoms with van der Waals surface area (Å²) < 4.78 is 19.3. The van der Waals surface area contributed by atoms with Gasteiger partial charge < -0.3 is 4.74 Å². The number of benzene rings is 2. The van der Waals surface area contributed by atoms with Crippen molar-refractivity contribution in [1.82, 2.24) is 15.0 Å². The molecule has 4 aromatic rings. The van der Waals surface area contributed by atoms with Gasteiger partial charge in [-0.05, 0) is 47.5 Å². The van der Waals surface area contributed by atoms with Gasteiger partial charge in [0.25, 0.3) is 0 Å². The molecule has 5 nitrogen and oxygen atoms in total. The van der Waals surface area contributed by atoms with Gasteiger partial charge in [0.1, 0.15) is 22.8 Å². The summed E-state index contributed by atoms with van der Waals surface area (Å²) in [7, 11) is 3.31. The Morgan fingerprint density at radius 3 is 2.57 bits per heavy atom. The molecule has 28 heavy (non-hydrogen) atoms. The molecule has 2 heterocycles. The van der Waals surface area contributed by atoms with Gasteiger partial charge in [0.15, 0.2) is 0 Å². The average molecular weight is 372 g/mol. The van der Waals surface area contributed by atoms with E-state index in [-0.39, 0.29) is 5.82 Å². The van der Waals surface area contributed by atoms with E-state index < -0.39 is 0 Å². The van der Waals surface area contributed by atoms with Crippen molar-refractivity contribution in [2.75, 3.05) is 14.2 Å². The van der Waals surface area contributed by atoms with Crippen LogP contribution in [0, 0.1) is 5.82 Å². The largest absolute Gasteiger partial charge is 0.494 e. The Morgan fingerprint density at radius 1 is 0.964 bits per heavy atom. The number of ether oxygens (including phenoxy) is 1. The van der Waals surface area contributed by atoms with Crippen molar-refractivity contribution >= 4 is 10.9 Å². The highest BCUT2D eigenvalue weighted by Crippen LogP contribution is 2.31. The third kappa shape index (κ3) is 3.32. The second kappa shape index (κ2) is 7.52. The Labute approximate surface area is 161 Å². The van der Waals surface area contributed by atoms with Gasteiger partial charge in [-0.15, -0.1) is 0 Å². The van der Waals surface area contributed by atoms with Crippen LogP contribution in [0.4, 0.5) is 4.39 Å². The number of halogens is 1. The summed E-state index contributed by atoms with van der Waals surface area (Å²) in [6.07, 6.45) is 4.89. The molecule has 0 bridgehead atoms. The summed E-state index contributed by atoms with van der Waals surface area (Å²) in [5.74, 6) is 0.279. The Hall–Kier alpha value is -3.67. The molecule has 6 heteroatoms. The number of methoxy groups -OCH3 is 1. The van der Waals surface area contributed by atoms with Crippen LogP contribution in [0.3, 0.4) is 0 Å². The van der Waals surface area contributed by atoms with Crippen LogP contribution in [0.2, 0.25) is 0 Å². The van der Waals surface area contributed by atoms with Crippen molar-refractivity contribution in [2.24, 2.45) is 4.99 Å². The zero-order valence-corrected chi connectivity index (χ0v) is 15.4. The third-order valence-corrected chi connectivity index (χ3v) is 4.43. The Morgan fingerprint density at radius 2 is 1.86 bits per heavy atom. The molecule has 2 aromatic heterocycles. The van der Waals surface area contributed by atoms with E-state index in [1.165, 1.54) is 12.1 Å². The summed E-state index contributed by atoms with van der Waals surface area (Å²) in [5, 5.41) is 1.55. The molecule has 0 N–H and O–H groups in total. The van der Waals surface area contributed by atoms with Gasteiger partial charge in [-0.1, -0.05) is 12.1 Å². The first kappa shape index (κ1) is 17.7. The van der Waals surface area contributed by atoms with Crippen LogP contribution in [0.15, 0.2) is 72.1 Å². The van der Waals surface area contributed by atoms with Crippen LogP contribution < -0.4 is 10.1 Å². The molecule has 2 aromatic carbocycles. The van der Waals surface area contributed by atoms with Crippen LogP contribution in [0.1, 0.15) is 0 Å². The molecule has 0 spiro atoms. The molecule has 0 fully saturated rings. The third-order valence-electron chi connectivity index (χ3n) is 4.43. The molecule has 0 aliphatic heterocycles. The maximum absolute atomic E-state index is 13.7. The second-order valence-electron chi connectivity index (χ2n) is 6.11. The predicted octanol–water partition coefficient (Wildman–Crippen LogP) is 4.04. The molecule has 0 atom stereocenters. The summed E-state index contributed by atoms with van der Waals surface area (Å²) in [4.78, 5) is 17.6. The summed E-state index contributed by atoms with van der Waals surface area (Å²) in [6, 6.07) is 14.0. The molecular formula is C22H17FN4O. The highest BCUT2D eigenvalue weighted by atomic mass is 19.1. The molecule has 0 aliphatic rings. The second-order valence-corrected chi connectivity index (χ2v) is 6.11. The lowest BCUT2D eigenvalue weighted by molar-refractivity contribution is 0.419. The van der Waals surface area contributed by atoms with Gasteiger partial charge in [0.2, 0.25) is 0 Å². The van der Waals surface area contributed by atoms with Gasteiger partial charge in [-0.2, -0.15) is 0 Å². The maximum Gasteiger partial charge on any atom is 0.145 e. The first-order chi connectivity index (χ1) is 13.7. The highest BCUT2D eigenvalue weighted by Gasteiger charge is 2.11. The van der Waals surface area contributed by atoms with Crippen LogP contribution in [-0.4, -0.2) is 29.1 Å². The van der Waals surface area contributed by atoms with Gasteiger partial charge >= 0.3 is 0 Å². The molecule has 4 rings (SSSR count). The smallest absolute Gasteiger partial charge is 0.145 e. The van der Waals surface area contributed by atoms with E-state index in [1.54, 1.807) is 38.8 Å². The first-order valence-corrected chi connectivity index (χ1v) is 8.68. The van der Waals surface area contributed by atoms with Gasteiger partial charge in [-0.3, -0.25) is 15.0 Å². The first-order valence-electron chi connectivity index (χ1n) is 8.68. The van der Waals surface area contributed by atoms with Crippen molar-refractivity contribution < 1.29 is 9.13 Å². The predicted molar refractivity (Wildman–Crippen MR) is 106 cm³/mol. The SMILES string of the molecule is CN=c1ccc(-c2cnccn2)nc2c(OC)cc(-c3cccc(F)c3)cc12. The van der Waals surface area contributed by atoms with E-state index in [2.05, 4.69) is 15.0 Å². The monoisotopic (exact) mass is 372 g/mol. The molecule has 0 unspecified atom stereocenters. The van der Waals surface area contributed by atoms with Crippen molar-refractivity contribution in [1.29, 1.82) is 0 Å². The van der Waals surface area contributed by atoms with E-state index >= 15 is 0 Å². The fourth-order valence-corrected chi connectivity index (χ4v) is 3.08. The fourth-order valence-electron chi connectivity index (χ4n) is 3.08. The van der Waals surface area contributed by atoms with Gasteiger partial charge in [-0.25, -0.2) is 9.37 Å². The van der Waals surface area contributed by atoms with E-state index in [0.29, 0.717) is 22.7 Å². The minimum Gasteiger partial charge on any atom is -0.494 e. The molecule has 0 radical (unpaired) electrons. The lowest BCUT2D eigenvalue weighted by Gasteiger charge is -2.08. The van der Waals surface area contributed by atoms with E-state index in [0.717, 1.165) is 21.9 Å². The molecule has 0 aliphatic carbocycles. The Balaban J connectivity index is 2.05. The number of nitrogens with zero attached hydrogens (tertiary/aromatic N) is 4. The number of aromatic nitrogens is 3. The van der Waals surface area contributed by atoms with Crippen LogP contribution in [0.5, 0.6) is 5.75 Å². The molecular weight excluding hydrogens is 355 g/mol. The van der Waals surface area contributed by atoms with Crippen LogP contribution in [-0.2, 0) is 0 Å². The number of hydrogen-bond donors (Lipinski definition) is 0. The molecule has 138 valence electrons. The zero-order valence-electron chi connectivity index (χ0n) is 15.4. The van der Waals surface area contributed by atoms with Crippen LogP contribution in [0.25, 0.3) is 33.4 Å². The Kier molecular flexibility index (Phi) is 4.76. The van der Waals surface area contributed by atoms with Gasteiger partial charge in [0, 0.05) is 24.8 Å². The number of rotatable bonds is 3. The molecule has 0 saturated carbocycles. The summed E-state index contributed by atoms with van der Waals surface area (Å²) >= 11 is 0.